The van der Waals surface area contributed by atoms with Crippen molar-refractivity contribution in [3.8, 4) is 0 Å². The van der Waals surface area contributed by atoms with Crippen LogP contribution in [0.2, 0.25) is 0 Å². The van der Waals surface area contributed by atoms with Crippen molar-refractivity contribution < 1.29 is 18.4 Å². The number of amides is 2. The maximum Gasteiger partial charge on any atom is 0.332 e. The summed E-state index contributed by atoms with van der Waals surface area (Å²) in [6.07, 6.45) is 1.52. The van der Waals surface area contributed by atoms with Gasteiger partial charge in [0.2, 0.25) is 5.91 Å². The highest BCUT2D eigenvalue weighted by atomic mass is 19.1. The molecule has 2 N–H and O–H groups in total. The lowest BCUT2D eigenvalue weighted by atomic mass is 10.1. The number of carbonyl (C=O) groups is 2. The fraction of sp³-hybridized carbons (Fsp3) is 0.103. The lowest BCUT2D eigenvalue weighted by molar-refractivity contribution is -0.116. The Hall–Kier alpha value is -5.25. The van der Waals surface area contributed by atoms with Crippen LogP contribution >= 0.6 is 0 Å². The van der Waals surface area contributed by atoms with Gasteiger partial charge in [-0.15, -0.1) is 0 Å². The topological polar surface area (TPSA) is 115 Å². The quantitative estimate of drug-likeness (QED) is 0.321. The molecule has 0 saturated carbocycles. The predicted octanol–water partition coefficient (Wildman–Crippen LogP) is 3.51. The third kappa shape index (κ3) is 5.69. The molecule has 2 aromatic heterocycles. The molecule has 0 saturated heterocycles. The molecule has 5 aromatic rings. The van der Waals surface area contributed by atoms with Gasteiger partial charge in [0.25, 0.3) is 11.5 Å². The number of para-hydroxylation sites is 1. The molecule has 0 radical (unpaired) electrons. The number of benzene rings is 3. The van der Waals surface area contributed by atoms with Gasteiger partial charge in [0.1, 0.15) is 18.1 Å². The van der Waals surface area contributed by atoms with Crippen molar-refractivity contribution in [2.24, 2.45) is 0 Å². The molecule has 0 aliphatic heterocycles. The zero-order valence-electron chi connectivity index (χ0n) is 20.6. The Morgan fingerprint density at radius 2 is 1.67 bits per heavy atom. The largest absolute Gasteiger partial charge is 0.467 e. The minimum Gasteiger partial charge on any atom is -0.467 e. The summed E-state index contributed by atoms with van der Waals surface area (Å²) in [5.74, 6) is -0.739. The number of hydrogen-bond donors (Lipinski definition) is 2. The number of aromatic nitrogens is 2. The van der Waals surface area contributed by atoms with E-state index in [-0.39, 0.29) is 36.6 Å². The van der Waals surface area contributed by atoms with Gasteiger partial charge in [0.05, 0.1) is 30.3 Å². The highest BCUT2D eigenvalue weighted by Crippen LogP contribution is 2.12. The molecule has 0 spiro atoms. The van der Waals surface area contributed by atoms with Crippen LogP contribution in [0.3, 0.4) is 0 Å². The number of nitrogens with zero attached hydrogens (tertiary/aromatic N) is 2. The van der Waals surface area contributed by atoms with E-state index in [1.807, 2.05) is 0 Å². The first-order valence-corrected chi connectivity index (χ1v) is 12.1. The molecule has 0 aliphatic rings. The molecule has 0 fully saturated rings. The van der Waals surface area contributed by atoms with Gasteiger partial charge in [0, 0.05) is 11.3 Å². The molecular formula is C29H23FN4O5. The second kappa shape index (κ2) is 11.0. The summed E-state index contributed by atoms with van der Waals surface area (Å²) >= 11 is 0. The molecule has 39 heavy (non-hydrogen) atoms. The van der Waals surface area contributed by atoms with Gasteiger partial charge in [-0.25, -0.2) is 9.18 Å². The molecule has 196 valence electrons. The van der Waals surface area contributed by atoms with Gasteiger partial charge in [0.15, 0.2) is 0 Å². The summed E-state index contributed by atoms with van der Waals surface area (Å²) in [7, 11) is 0. The van der Waals surface area contributed by atoms with Crippen molar-refractivity contribution in [1.82, 2.24) is 14.5 Å². The number of hydrogen-bond acceptors (Lipinski definition) is 5. The Balaban J connectivity index is 1.39. The number of anilines is 1. The van der Waals surface area contributed by atoms with Crippen molar-refractivity contribution in [3.63, 3.8) is 0 Å². The fourth-order valence-corrected chi connectivity index (χ4v) is 4.20. The number of carbonyl (C=O) groups excluding carboxylic acids is 2. The van der Waals surface area contributed by atoms with Gasteiger partial charge in [-0.05, 0) is 60.2 Å². The van der Waals surface area contributed by atoms with E-state index in [0.717, 1.165) is 4.57 Å². The number of halogens is 1. The number of fused-ring (bicyclic) bond motifs is 1. The van der Waals surface area contributed by atoms with E-state index in [2.05, 4.69) is 10.6 Å². The average molecular weight is 527 g/mol. The van der Waals surface area contributed by atoms with E-state index in [9.17, 15) is 23.6 Å². The SMILES string of the molecule is O=C(Cn1c(=O)n(Cc2ccc(C(=O)NCc3ccco3)cc2)c(=O)c2ccccc21)Nc1cccc(F)c1. The Labute approximate surface area is 221 Å². The lowest BCUT2D eigenvalue weighted by Gasteiger charge is -2.14. The Bertz CT molecular complexity index is 1770. The molecule has 2 heterocycles. The van der Waals surface area contributed by atoms with E-state index in [0.29, 0.717) is 22.4 Å². The molecule has 5 rings (SSSR count). The van der Waals surface area contributed by atoms with Gasteiger partial charge in [-0.1, -0.05) is 30.3 Å². The summed E-state index contributed by atoms with van der Waals surface area (Å²) in [5, 5.41) is 5.60. The van der Waals surface area contributed by atoms with Crippen LogP contribution in [0.25, 0.3) is 10.9 Å². The molecule has 0 aliphatic carbocycles. The first kappa shape index (κ1) is 25.4. The molecule has 0 atom stereocenters. The molecule has 2 amide bonds. The molecule has 0 bridgehead atoms. The van der Waals surface area contributed by atoms with Crippen LogP contribution in [0.4, 0.5) is 10.1 Å². The van der Waals surface area contributed by atoms with Crippen LogP contribution in [-0.2, 0) is 24.4 Å². The Morgan fingerprint density at radius 3 is 2.41 bits per heavy atom. The standard InChI is InChI=1S/C29H23FN4O5/c30-21-5-3-6-22(15-21)32-26(35)18-33-25-9-2-1-8-24(25)28(37)34(29(33)38)17-19-10-12-20(13-11-19)27(36)31-16-23-7-4-14-39-23/h1-15H,16-18H2,(H,31,36)(H,32,35). The van der Waals surface area contributed by atoms with Crippen molar-refractivity contribution in [2.45, 2.75) is 19.6 Å². The van der Waals surface area contributed by atoms with E-state index in [4.69, 9.17) is 4.42 Å². The second-order valence-corrected chi connectivity index (χ2v) is 8.79. The second-order valence-electron chi connectivity index (χ2n) is 8.79. The molecule has 3 aromatic carbocycles. The highest BCUT2D eigenvalue weighted by Gasteiger charge is 2.16. The summed E-state index contributed by atoms with van der Waals surface area (Å²) in [6.45, 7) is -0.209. The lowest BCUT2D eigenvalue weighted by Crippen LogP contribution is -2.42. The molecule has 9 nitrogen and oxygen atoms in total. The fourth-order valence-electron chi connectivity index (χ4n) is 4.20. The minimum atomic E-state index is -0.673. The summed E-state index contributed by atoms with van der Waals surface area (Å²) in [6, 6.07) is 21.9. The molecule has 10 heteroatoms. The van der Waals surface area contributed by atoms with Crippen LogP contribution in [0, 0.1) is 5.82 Å². The summed E-state index contributed by atoms with van der Waals surface area (Å²) in [5.41, 5.74) is 0.400. The zero-order chi connectivity index (χ0) is 27.4. The monoisotopic (exact) mass is 526 g/mol. The highest BCUT2D eigenvalue weighted by molar-refractivity contribution is 5.94. The normalized spacial score (nSPS) is 10.9. The van der Waals surface area contributed by atoms with Crippen LogP contribution in [0.1, 0.15) is 21.7 Å². The van der Waals surface area contributed by atoms with Gasteiger partial charge < -0.3 is 15.1 Å². The maximum atomic E-state index is 13.5. The minimum absolute atomic E-state index is 0.0672. The first-order chi connectivity index (χ1) is 18.9. The van der Waals surface area contributed by atoms with Crippen molar-refractivity contribution in [3.05, 3.63) is 135 Å². The van der Waals surface area contributed by atoms with E-state index < -0.39 is 23.0 Å². The van der Waals surface area contributed by atoms with Crippen molar-refractivity contribution >= 4 is 28.4 Å². The Morgan fingerprint density at radius 1 is 0.872 bits per heavy atom. The van der Waals surface area contributed by atoms with Crippen LogP contribution < -0.4 is 21.9 Å². The molecule has 0 unspecified atom stereocenters. The maximum absolute atomic E-state index is 13.5. The third-order valence-corrected chi connectivity index (χ3v) is 6.10. The number of furan rings is 1. The predicted molar refractivity (Wildman–Crippen MR) is 143 cm³/mol. The van der Waals surface area contributed by atoms with Gasteiger partial charge >= 0.3 is 5.69 Å². The third-order valence-electron chi connectivity index (χ3n) is 6.10. The van der Waals surface area contributed by atoms with Crippen molar-refractivity contribution in [2.75, 3.05) is 5.32 Å². The van der Waals surface area contributed by atoms with Crippen LogP contribution in [0.15, 0.2) is 105 Å². The molecular weight excluding hydrogens is 503 g/mol. The van der Waals surface area contributed by atoms with Gasteiger partial charge in [-0.3, -0.25) is 23.5 Å². The first-order valence-electron chi connectivity index (χ1n) is 12.1. The van der Waals surface area contributed by atoms with Gasteiger partial charge in [-0.2, -0.15) is 0 Å². The van der Waals surface area contributed by atoms with E-state index >= 15 is 0 Å². The summed E-state index contributed by atoms with van der Waals surface area (Å²) < 4.78 is 21.0. The van der Waals surface area contributed by atoms with Crippen LogP contribution in [0.5, 0.6) is 0 Å². The van der Waals surface area contributed by atoms with E-state index in [1.165, 1.54) is 35.1 Å². The number of nitrogens with one attached hydrogen (secondary N) is 2. The Kier molecular flexibility index (Phi) is 7.17. The summed E-state index contributed by atoms with van der Waals surface area (Å²) in [4.78, 5) is 51.9. The smallest absolute Gasteiger partial charge is 0.332 e. The average Bonchev–Trinajstić information content (AvgIpc) is 3.46. The van der Waals surface area contributed by atoms with E-state index in [1.54, 1.807) is 60.7 Å². The number of rotatable bonds is 8. The zero-order valence-corrected chi connectivity index (χ0v) is 20.6. The van der Waals surface area contributed by atoms with Crippen LogP contribution in [-0.4, -0.2) is 20.9 Å². The van der Waals surface area contributed by atoms with Crippen molar-refractivity contribution in [1.29, 1.82) is 0 Å².